The van der Waals surface area contributed by atoms with Gasteiger partial charge in [-0.3, -0.25) is 19.9 Å². The van der Waals surface area contributed by atoms with Crippen LogP contribution in [0.15, 0.2) is 24.5 Å². The quantitative estimate of drug-likeness (QED) is 0.816. The number of hydrogen-bond donors (Lipinski definition) is 1. The van der Waals surface area contributed by atoms with E-state index in [0.717, 1.165) is 37.3 Å². The van der Waals surface area contributed by atoms with Gasteiger partial charge in [-0.15, -0.1) is 0 Å². The van der Waals surface area contributed by atoms with Crippen LogP contribution in [0.25, 0.3) is 5.52 Å². The number of carbonyl (C=O) groups excluding carboxylic acids is 2. The molecule has 5 rings (SSSR count). The summed E-state index contributed by atoms with van der Waals surface area (Å²) in [5.74, 6) is 0.432. The van der Waals surface area contributed by atoms with Gasteiger partial charge in [0.2, 0.25) is 5.91 Å². The van der Waals surface area contributed by atoms with Gasteiger partial charge in [0.25, 0.3) is 0 Å². The van der Waals surface area contributed by atoms with Crippen LogP contribution in [-0.2, 0) is 16.0 Å². The molecule has 0 saturated carbocycles. The van der Waals surface area contributed by atoms with Gasteiger partial charge in [-0.25, -0.2) is 9.31 Å². The second-order valence-electron chi connectivity index (χ2n) is 8.87. The largest absolute Gasteiger partial charge is 0.377 e. The van der Waals surface area contributed by atoms with Crippen molar-refractivity contribution in [2.75, 3.05) is 31.1 Å². The van der Waals surface area contributed by atoms with E-state index in [1.54, 1.807) is 15.6 Å². The highest BCUT2D eigenvalue weighted by molar-refractivity contribution is 6.07. The molecule has 3 aliphatic rings. The third-order valence-electron chi connectivity index (χ3n) is 6.79. The van der Waals surface area contributed by atoms with Gasteiger partial charge in [-0.05, 0) is 62.8 Å². The van der Waals surface area contributed by atoms with Crippen LogP contribution in [0.1, 0.15) is 38.2 Å². The number of amides is 3. The summed E-state index contributed by atoms with van der Waals surface area (Å²) < 4.78 is 7.41. The van der Waals surface area contributed by atoms with E-state index < -0.39 is 0 Å². The third kappa shape index (κ3) is 3.81. The van der Waals surface area contributed by atoms with E-state index >= 15 is 0 Å². The Hall–Kier alpha value is -2.45. The summed E-state index contributed by atoms with van der Waals surface area (Å²) in [6, 6.07) is 4.48. The van der Waals surface area contributed by atoms with Crippen molar-refractivity contribution in [1.82, 2.24) is 19.8 Å². The number of nitrogens with zero attached hydrogens (tertiary/aromatic N) is 4. The molecule has 3 amide bonds. The Morgan fingerprint density at radius 3 is 2.87 bits per heavy atom. The fourth-order valence-electron chi connectivity index (χ4n) is 4.94. The Bertz CT molecular complexity index is 953. The zero-order valence-corrected chi connectivity index (χ0v) is 17.4. The first-order chi connectivity index (χ1) is 14.6. The maximum absolute atomic E-state index is 12.3. The Labute approximate surface area is 176 Å². The molecular weight excluding hydrogens is 382 g/mol. The summed E-state index contributed by atoms with van der Waals surface area (Å²) in [7, 11) is 0. The van der Waals surface area contributed by atoms with Crippen molar-refractivity contribution in [2.45, 2.75) is 51.2 Å². The van der Waals surface area contributed by atoms with Crippen LogP contribution in [-0.4, -0.2) is 64.8 Å². The molecule has 0 aromatic carbocycles. The minimum Gasteiger partial charge on any atom is -0.377 e. The number of imide groups is 1. The molecule has 8 heteroatoms. The van der Waals surface area contributed by atoms with Crippen molar-refractivity contribution in [1.29, 1.82) is 0 Å². The lowest BCUT2D eigenvalue weighted by atomic mass is 9.86. The molecule has 5 heterocycles. The number of fused-ring (bicyclic) bond motifs is 1. The van der Waals surface area contributed by atoms with E-state index in [2.05, 4.69) is 34.4 Å². The predicted octanol–water partition coefficient (Wildman–Crippen LogP) is 2.21. The van der Waals surface area contributed by atoms with Crippen molar-refractivity contribution in [3.05, 3.63) is 30.1 Å². The minimum atomic E-state index is -0.372. The van der Waals surface area contributed by atoms with Gasteiger partial charge >= 0.3 is 6.03 Å². The van der Waals surface area contributed by atoms with Crippen molar-refractivity contribution in [3.8, 4) is 0 Å². The number of urea groups is 1. The van der Waals surface area contributed by atoms with Crippen LogP contribution in [0.4, 0.5) is 10.5 Å². The maximum atomic E-state index is 12.3. The Balaban J connectivity index is 1.27. The van der Waals surface area contributed by atoms with E-state index in [0.29, 0.717) is 31.0 Å². The first-order valence-electron chi connectivity index (χ1n) is 11.0. The Morgan fingerprint density at radius 1 is 1.27 bits per heavy atom. The van der Waals surface area contributed by atoms with E-state index in [1.165, 1.54) is 24.8 Å². The van der Waals surface area contributed by atoms with Gasteiger partial charge in [0, 0.05) is 38.4 Å². The smallest absolute Gasteiger partial charge is 0.328 e. The van der Waals surface area contributed by atoms with Crippen LogP contribution in [0.5, 0.6) is 0 Å². The lowest BCUT2D eigenvalue weighted by Gasteiger charge is -2.41. The number of piperidine rings is 1. The molecule has 0 aliphatic carbocycles. The summed E-state index contributed by atoms with van der Waals surface area (Å²) in [4.78, 5) is 27.9. The van der Waals surface area contributed by atoms with E-state index in [9.17, 15) is 9.59 Å². The summed E-state index contributed by atoms with van der Waals surface area (Å²) in [5, 5.41) is 6.78. The molecule has 0 radical (unpaired) electrons. The topological polar surface area (TPSA) is 79.2 Å². The molecule has 2 aromatic heterocycles. The average Bonchev–Trinajstić information content (AvgIpc) is 3.09. The Kier molecular flexibility index (Phi) is 5.20. The van der Waals surface area contributed by atoms with E-state index in [-0.39, 0.29) is 11.9 Å². The Morgan fingerprint density at radius 2 is 2.13 bits per heavy atom. The first-order valence-corrected chi connectivity index (χ1v) is 11.0. The van der Waals surface area contributed by atoms with Gasteiger partial charge < -0.3 is 4.74 Å². The van der Waals surface area contributed by atoms with Crippen molar-refractivity contribution in [2.24, 2.45) is 5.92 Å². The molecule has 2 aromatic rings. The predicted molar refractivity (Wildman–Crippen MR) is 113 cm³/mol. The highest BCUT2D eigenvalue weighted by Crippen LogP contribution is 2.29. The molecule has 0 bridgehead atoms. The van der Waals surface area contributed by atoms with Crippen LogP contribution in [0, 0.1) is 5.92 Å². The molecule has 3 atom stereocenters. The van der Waals surface area contributed by atoms with Crippen LogP contribution in [0.2, 0.25) is 0 Å². The number of carbonyl (C=O) groups is 2. The molecule has 8 nitrogen and oxygen atoms in total. The number of nitrogens with one attached hydrogen (secondary N) is 1. The monoisotopic (exact) mass is 411 g/mol. The zero-order chi connectivity index (χ0) is 20.7. The summed E-state index contributed by atoms with van der Waals surface area (Å²) in [6.45, 7) is 5.84. The van der Waals surface area contributed by atoms with Crippen molar-refractivity contribution >= 4 is 23.1 Å². The second-order valence-corrected chi connectivity index (χ2v) is 8.87. The van der Waals surface area contributed by atoms with Gasteiger partial charge in [0.1, 0.15) is 0 Å². The number of ether oxygens (including phenoxy) is 1. The normalized spacial score (nSPS) is 27.9. The zero-order valence-electron chi connectivity index (χ0n) is 17.4. The molecule has 1 N–H and O–H groups in total. The van der Waals surface area contributed by atoms with E-state index in [1.807, 2.05) is 6.20 Å². The molecule has 3 fully saturated rings. The number of hydrogen-bond acceptors (Lipinski definition) is 5. The number of rotatable bonds is 5. The van der Waals surface area contributed by atoms with Crippen LogP contribution < -0.4 is 10.2 Å². The fourth-order valence-corrected chi connectivity index (χ4v) is 4.94. The minimum absolute atomic E-state index is 0.224. The maximum Gasteiger partial charge on any atom is 0.328 e. The molecule has 3 aliphatic heterocycles. The highest BCUT2D eigenvalue weighted by Gasteiger charge is 2.30. The first kappa shape index (κ1) is 19.5. The number of pyridine rings is 1. The van der Waals surface area contributed by atoms with Gasteiger partial charge in [0.05, 0.1) is 23.5 Å². The van der Waals surface area contributed by atoms with Gasteiger partial charge in [0.15, 0.2) is 0 Å². The third-order valence-corrected chi connectivity index (χ3v) is 6.79. The van der Waals surface area contributed by atoms with Gasteiger partial charge in [-0.1, -0.05) is 0 Å². The molecule has 160 valence electrons. The van der Waals surface area contributed by atoms with Crippen molar-refractivity contribution < 1.29 is 14.3 Å². The number of likely N-dealkylation sites (tertiary alicyclic amines) is 1. The SMILES string of the molecule is C[C@H]1C[C@H](Cc2ccn3ncc(N4CCC(=O)NC4=O)c3c2)CCN1CC1CCO1. The molecule has 1 unspecified atom stereocenters. The van der Waals surface area contributed by atoms with Crippen LogP contribution >= 0.6 is 0 Å². The lowest BCUT2D eigenvalue weighted by molar-refractivity contribution is -0.120. The van der Waals surface area contributed by atoms with Gasteiger partial charge in [-0.2, -0.15) is 5.10 Å². The molecule has 0 spiro atoms. The molecule has 30 heavy (non-hydrogen) atoms. The standard InChI is InChI=1S/C22H29N5O3/c1-15-10-16(2-6-25(15)14-18-5-9-30-18)11-17-3-8-27-19(12-17)20(13-23-27)26-7-4-21(28)24-22(26)29/h3,8,12-13,15-16,18H,2,4-7,9-11,14H2,1H3,(H,24,28,29)/t15-,16+,18?/m0/s1. The van der Waals surface area contributed by atoms with Crippen LogP contribution in [0.3, 0.4) is 0 Å². The van der Waals surface area contributed by atoms with Crippen molar-refractivity contribution in [3.63, 3.8) is 0 Å². The molecular formula is C22H29N5O3. The second kappa shape index (κ2) is 8.00. The molecule has 3 saturated heterocycles. The lowest BCUT2D eigenvalue weighted by Crippen LogP contribution is -2.49. The summed E-state index contributed by atoms with van der Waals surface area (Å²) in [5.41, 5.74) is 2.93. The highest BCUT2D eigenvalue weighted by atomic mass is 16.5. The average molecular weight is 412 g/mol. The summed E-state index contributed by atoms with van der Waals surface area (Å²) in [6.07, 6.45) is 9.05. The van der Waals surface area contributed by atoms with E-state index in [4.69, 9.17) is 4.74 Å². The fraction of sp³-hybridized carbons (Fsp3) is 0.591. The number of aromatic nitrogens is 2. The number of anilines is 1. The summed E-state index contributed by atoms with van der Waals surface area (Å²) >= 11 is 0.